The minimum Gasteiger partial charge on any atom is -0.329 e. The van der Waals surface area contributed by atoms with Crippen LogP contribution in [0.1, 0.15) is 10.4 Å². The Balaban J connectivity index is 2.11. The second-order valence-electron chi connectivity index (χ2n) is 3.33. The molecule has 0 saturated carbocycles. The largest absolute Gasteiger partial charge is 0.329 e. The molecule has 0 spiro atoms. The molecule has 0 aromatic heterocycles. The minimum atomic E-state index is 0.160. The number of amides is 1. The summed E-state index contributed by atoms with van der Waals surface area (Å²) < 4.78 is 0. The van der Waals surface area contributed by atoms with Gasteiger partial charge in [0.15, 0.2) is 0 Å². The smallest absolute Gasteiger partial charge is 0.254 e. The van der Waals surface area contributed by atoms with Gasteiger partial charge in [0, 0.05) is 22.8 Å². The third kappa shape index (κ3) is 2.49. The van der Waals surface area contributed by atoms with Crippen LogP contribution in [-0.2, 0) is 0 Å². The van der Waals surface area contributed by atoms with Gasteiger partial charge in [0.1, 0.15) is 0 Å². The van der Waals surface area contributed by atoms with Crippen LogP contribution in [0.25, 0.3) is 0 Å². The Morgan fingerprint density at radius 2 is 2.13 bits per heavy atom. The quantitative estimate of drug-likeness (QED) is 0.740. The first-order chi connectivity index (χ1) is 7.31. The summed E-state index contributed by atoms with van der Waals surface area (Å²) in [6, 6.07) is 7.83. The van der Waals surface area contributed by atoms with Gasteiger partial charge in [-0.3, -0.25) is 4.79 Å². The predicted octanol–water partition coefficient (Wildman–Crippen LogP) is 2.56. The van der Waals surface area contributed by atoms with Crippen LogP contribution in [-0.4, -0.2) is 35.2 Å². The summed E-state index contributed by atoms with van der Waals surface area (Å²) in [6.45, 7) is 0.883. The van der Waals surface area contributed by atoms with E-state index < -0.39 is 0 Å². The van der Waals surface area contributed by atoms with Gasteiger partial charge in [-0.05, 0) is 30.5 Å². The highest BCUT2D eigenvalue weighted by atomic mass is 32.2. The van der Waals surface area contributed by atoms with E-state index in [1.165, 1.54) is 4.90 Å². The van der Waals surface area contributed by atoms with Crippen LogP contribution < -0.4 is 0 Å². The highest BCUT2D eigenvalue weighted by Crippen LogP contribution is 2.19. The number of benzene rings is 1. The van der Waals surface area contributed by atoms with E-state index in [0.29, 0.717) is 0 Å². The van der Waals surface area contributed by atoms with Crippen LogP contribution in [0.4, 0.5) is 0 Å². The van der Waals surface area contributed by atoms with Crippen molar-refractivity contribution in [1.29, 1.82) is 0 Å². The Bertz CT molecular complexity index is 344. The normalized spacial score (nSPS) is 15.7. The maximum atomic E-state index is 12.0. The highest BCUT2D eigenvalue weighted by molar-refractivity contribution is 7.99. The van der Waals surface area contributed by atoms with Crippen LogP contribution in [0.15, 0.2) is 29.2 Å². The molecule has 1 aromatic rings. The van der Waals surface area contributed by atoms with Crippen molar-refractivity contribution >= 4 is 29.4 Å². The maximum Gasteiger partial charge on any atom is 0.254 e. The van der Waals surface area contributed by atoms with Gasteiger partial charge in [-0.2, -0.15) is 0 Å². The summed E-state index contributed by atoms with van der Waals surface area (Å²) in [5.74, 6) is 2.06. The summed E-state index contributed by atoms with van der Waals surface area (Å²) in [4.78, 5) is 15.1. The molecule has 80 valence electrons. The molecule has 0 unspecified atom stereocenters. The molecule has 0 bridgehead atoms. The molecule has 1 aliphatic heterocycles. The van der Waals surface area contributed by atoms with Crippen molar-refractivity contribution in [3.05, 3.63) is 29.8 Å². The molecule has 4 heteroatoms. The Hall–Kier alpha value is -0.610. The van der Waals surface area contributed by atoms with Gasteiger partial charge in [0.2, 0.25) is 0 Å². The van der Waals surface area contributed by atoms with Crippen molar-refractivity contribution in [2.75, 3.05) is 24.4 Å². The third-order valence-electron chi connectivity index (χ3n) is 2.38. The molecular weight excluding hydrogens is 226 g/mol. The molecule has 2 rings (SSSR count). The van der Waals surface area contributed by atoms with Gasteiger partial charge in [-0.1, -0.05) is 0 Å². The van der Waals surface area contributed by atoms with Crippen molar-refractivity contribution in [3.8, 4) is 0 Å². The van der Waals surface area contributed by atoms with Gasteiger partial charge < -0.3 is 4.90 Å². The average molecular weight is 239 g/mol. The molecule has 0 aliphatic carbocycles. The van der Waals surface area contributed by atoms with Gasteiger partial charge >= 0.3 is 0 Å². The van der Waals surface area contributed by atoms with Crippen LogP contribution in [0.3, 0.4) is 0 Å². The van der Waals surface area contributed by atoms with Crippen LogP contribution in [0.2, 0.25) is 0 Å². The summed E-state index contributed by atoms with van der Waals surface area (Å²) in [5, 5.41) is 0. The molecule has 0 radical (unpaired) electrons. The first-order valence-electron chi connectivity index (χ1n) is 4.82. The Morgan fingerprint density at radius 3 is 2.67 bits per heavy atom. The second kappa shape index (κ2) is 4.94. The van der Waals surface area contributed by atoms with Crippen molar-refractivity contribution < 1.29 is 4.79 Å². The Morgan fingerprint density at radius 1 is 1.40 bits per heavy atom. The number of nitrogens with zero attached hydrogens (tertiary/aromatic N) is 1. The number of hydrogen-bond acceptors (Lipinski definition) is 3. The molecule has 1 amide bonds. The van der Waals surface area contributed by atoms with Gasteiger partial charge in [0.25, 0.3) is 5.91 Å². The first kappa shape index (κ1) is 10.9. The lowest BCUT2D eigenvalue weighted by Crippen LogP contribution is -2.27. The number of thioether (sulfide) groups is 2. The van der Waals surface area contributed by atoms with Gasteiger partial charge in [-0.15, -0.1) is 23.5 Å². The SMILES string of the molecule is CSc1ccc(C(=O)N2CCSC2)cc1. The highest BCUT2D eigenvalue weighted by Gasteiger charge is 2.19. The van der Waals surface area contributed by atoms with Crippen LogP contribution >= 0.6 is 23.5 Å². The second-order valence-corrected chi connectivity index (χ2v) is 5.29. The number of carbonyl (C=O) groups excluding carboxylic acids is 1. The molecule has 1 saturated heterocycles. The fourth-order valence-electron chi connectivity index (χ4n) is 1.49. The first-order valence-corrected chi connectivity index (χ1v) is 7.20. The fourth-order valence-corrected chi connectivity index (χ4v) is 2.84. The molecule has 2 nitrogen and oxygen atoms in total. The predicted molar refractivity (Wildman–Crippen MR) is 66.6 cm³/mol. The zero-order valence-electron chi connectivity index (χ0n) is 8.60. The number of carbonyl (C=O) groups is 1. The standard InChI is InChI=1S/C11H13NOS2/c1-14-10-4-2-9(3-5-10)11(13)12-6-7-15-8-12/h2-5H,6-8H2,1H3. The summed E-state index contributed by atoms with van der Waals surface area (Å²) >= 11 is 3.51. The maximum absolute atomic E-state index is 12.0. The lowest BCUT2D eigenvalue weighted by atomic mass is 10.2. The van der Waals surface area contributed by atoms with Crippen LogP contribution in [0, 0.1) is 0 Å². The summed E-state index contributed by atoms with van der Waals surface area (Å²) in [7, 11) is 0. The molecule has 1 heterocycles. The van der Waals surface area contributed by atoms with E-state index >= 15 is 0 Å². The molecular formula is C11H13NOS2. The minimum absolute atomic E-state index is 0.160. The molecule has 15 heavy (non-hydrogen) atoms. The number of rotatable bonds is 2. The van der Waals surface area contributed by atoms with Crippen molar-refractivity contribution in [1.82, 2.24) is 4.90 Å². The van der Waals surface area contributed by atoms with E-state index in [1.807, 2.05) is 47.2 Å². The summed E-state index contributed by atoms with van der Waals surface area (Å²) in [5.41, 5.74) is 0.801. The van der Waals surface area contributed by atoms with Crippen molar-refractivity contribution in [3.63, 3.8) is 0 Å². The van der Waals surface area contributed by atoms with Crippen molar-refractivity contribution in [2.45, 2.75) is 4.90 Å². The Kier molecular flexibility index (Phi) is 3.59. The van der Waals surface area contributed by atoms with E-state index in [4.69, 9.17) is 0 Å². The monoisotopic (exact) mass is 239 g/mol. The van der Waals surface area contributed by atoms with E-state index in [1.54, 1.807) is 11.8 Å². The van der Waals surface area contributed by atoms with Crippen LogP contribution in [0.5, 0.6) is 0 Å². The molecule has 1 aromatic carbocycles. The zero-order chi connectivity index (χ0) is 10.7. The van der Waals surface area contributed by atoms with E-state index in [0.717, 1.165) is 23.7 Å². The summed E-state index contributed by atoms with van der Waals surface area (Å²) in [6.07, 6.45) is 2.04. The van der Waals surface area contributed by atoms with E-state index in [-0.39, 0.29) is 5.91 Å². The fraction of sp³-hybridized carbons (Fsp3) is 0.364. The molecule has 1 aliphatic rings. The lowest BCUT2D eigenvalue weighted by molar-refractivity contribution is 0.0802. The van der Waals surface area contributed by atoms with Gasteiger partial charge in [-0.25, -0.2) is 0 Å². The topological polar surface area (TPSA) is 20.3 Å². The zero-order valence-corrected chi connectivity index (χ0v) is 10.2. The van der Waals surface area contributed by atoms with Crippen molar-refractivity contribution in [2.24, 2.45) is 0 Å². The van der Waals surface area contributed by atoms with E-state index in [9.17, 15) is 4.79 Å². The van der Waals surface area contributed by atoms with E-state index in [2.05, 4.69) is 0 Å². The molecule has 0 atom stereocenters. The average Bonchev–Trinajstić information content (AvgIpc) is 2.82. The molecule has 1 fully saturated rings. The lowest BCUT2D eigenvalue weighted by Gasteiger charge is -2.14. The number of hydrogen-bond donors (Lipinski definition) is 0. The van der Waals surface area contributed by atoms with Gasteiger partial charge in [0.05, 0.1) is 5.88 Å². The molecule has 0 N–H and O–H groups in total. The Labute approximate surface area is 98.4 Å². The third-order valence-corrected chi connectivity index (χ3v) is 4.09.